The second-order valence-electron chi connectivity index (χ2n) is 9.15. The summed E-state index contributed by atoms with van der Waals surface area (Å²) in [5.74, 6) is -0.297. The number of sulfonamides is 1. The third kappa shape index (κ3) is 5.57. The number of halogens is 3. The molecule has 11 heteroatoms. The van der Waals surface area contributed by atoms with Crippen LogP contribution in [-0.4, -0.2) is 67.7 Å². The van der Waals surface area contributed by atoms with Gasteiger partial charge in [-0.25, -0.2) is 12.8 Å². The molecule has 1 saturated heterocycles. The number of piperazine rings is 1. The van der Waals surface area contributed by atoms with Crippen LogP contribution in [0.4, 0.5) is 4.39 Å². The zero-order chi connectivity index (χ0) is 26.2. The fraction of sp³-hybridized carbons (Fsp3) is 0.346. The summed E-state index contributed by atoms with van der Waals surface area (Å²) in [6.07, 6.45) is 1.20. The van der Waals surface area contributed by atoms with Crippen molar-refractivity contribution in [2.45, 2.75) is 23.8 Å². The summed E-state index contributed by atoms with van der Waals surface area (Å²) in [5, 5.41) is 2.47. The normalized spacial score (nSPS) is 19.1. The first-order valence-electron chi connectivity index (χ1n) is 12.0. The molecule has 0 saturated carbocycles. The molecule has 1 atom stereocenters. The molecule has 0 radical (unpaired) electrons. The van der Waals surface area contributed by atoms with E-state index in [4.69, 9.17) is 23.2 Å². The topological polar surface area (TPSA) is 60.9 Å². The highest BCUT2D eigenvalue weighted by molar-refractivity contribution is 7.89. The SMILES string of the molecule is O=C(CCN1CCc2sccc2[C@H]1c1cccc(F)c1)N1CCN(S(=O)(=O)c2cc(Cl)ccc2Cl)CC1. The second-order valence-corrected chi connectivity index (χ2v) is 12.9. The summed E-state index contributed by atoms with van der Waals surface area (Å²) < 4.78 is 41.6. The minimum absolute atomic E-state index is 0.0213. The number of thiophene rings is 1. The Labute approximate surface area is 230 Å². The number of carbonyl (C=O) groups is 1. The van der Waals surface area contributed by atoms with E-state index in [9.17, 15) is 17.6 Å². The van der Waals surface area contributed by atoms with Crippen molar-refractivity contribution < 1.29 is 17.6 Å². The van der Waals surface area contributed by atoms with Gasteiger partial charge in [-0.1, -0.05) is 35.3 Å². The number of nitrogens with zero attached hydrogens (tertiary/aromatic N) is 3. The van der Waals surface area contributed by atoms with Crippen LogP contribution in [-0.2, 0) is 21.2 Å². The summed E-state index contributed by atoms with van der Waals surface area (Å²) in [7, 11) is -3.82. The summed E-state index contributed by atoms with van der Waals surface area (Å²) >= 11 is 13.8. The van der Waals surface area contributed by atoms with Crippen LogP contribution in [0.2, 0.25) is 10.0 Å². The smallest absolute Gasteiger partial charge is 0.244 e. The molecule has 3 aromatic rings. The molecule has 0 unspecified atom stereocenters. The van der Waals surface area contributed by atoms with E-state index < -0.39 is 10.0 Å². The molecule has 2 aromatic carbocycles. The fourth-order valence-electron chi connectivity index (χ4n) is 5.07. The van der Waals surface area contributed by atoms with Crippen LogP contribution in [0.15, 0.2) is 58.8 Å². The van der Waals surface area contributed by atoms with Gasteiger partial charge in [0.2, 0.25) is 15.9 Å². The number of carbonyl (C=O) groups excluding carboxylic acids is 1. The number of benzene rings is 2. The number of hydrogen-bond acceptors (Lipinski definition) is 5. The highest BCUT2D eigenvalue weighted by Crippen LogP contribution is 2.38. The van der Waals surface area contributed by atoms with Crippen molar-refractivity contribution >= 4 is 50.5 Å². The lowest BCUT2D eigenvalue weighted by molar-refractivity contribution is -0.132. The van der Waals surface area contributed by atoms with Crippen molar-refractivity contribution in [3.05, 3.63) is 85.8 Å². The number of amides is 1. The Morgan fingerprint density at radius 3 is 2.57 bits per heavy atom. The first-order chi connectivity index (χ1) is 17.7. The van der Waals surface area contributed by atoms with Crippen molar-refractivity contribution in [1.29, 1.82) is 0 Å². The summed E-state index contributed by atoms with van der Waals surface area (Å²) in [5.41, 5.74) is 2.05. The van der Waals surface area contributed by atoms with Crippen LogP contribution in [0.1, 0.15) is 28.5 Å². The van der Waals surface area contributed by atoms with Crippen molar-refractivity contribution in [3.8, 4) is 0 Å². The van der Waals surface area contributed by atoms with Gasteiger partial charge in [0, 0.05) is 55.6 Å². The van der Waals surface area contributed by atoms with E-state index in [-0.39, 0.29) is 40.8 Å². The first-order valence-corrected chi connectivity index (χ1v) is 15.1. The number of fused-ring (bicyclic) bond motifs is 1. The largest absolute Gasteiger partial charge is 0.340 e. The van der Waals surface area contributed by atoms with E-state index in [0.29, 0.717) is 31.1 Å². The van der Waals surface area contributed by atoms with E-state index in [0.717, 1.165) is 18.5 Å². The van der Waals surface area contributed by atoms with Gasteiger partial charge in [0.1, 0.15) is 10.7 Å². The monoisotopic (exact) mass is 581 g/mol. The van der Waals surface area contributed by atoms with Crippen molar-refractivity contribution in [1.82, 2.24) is 14.1 Å². The molecular formula is C26H26Cl2FN3O3S2. The van der Waals surface area contributed by atoms with Crippen LogP contribution >= 0.6 is 34.5 Å². The van der Waals surface area contributed by atoms with E-state index in [1.165, 1.54) is 32.9 Å². The summed E-state index contributed by atoms with van der Waals surface area (Å²) in [6, 6.07) is 13.0. The predicted octanol–water partition coefficient (Wildman–Crippen LogP) is 5.06. The molecule has 5 rings (SSSR count). The maximum atomic E-state index is 14.0. The molecular weight excluding hydrogens is 556 g/mol. The van der Waals surface area contributed by atoms with Gasteiger partial charge in [-0.15, -0.1) is 11.3 Å². The molecule has 2 aliphatic rings. The van der Waals surface area contributed by atoms with Gasteiger partial charge in [-0.2, -0.15) is 4.31 Å². The van der Waals surface area contributed by atoms with E-state index in [2.05, 4.69) is 16.3 Å². The van der Waals surface area contributed by atoms with Crippen molar-refractivity contribution in [3.63, 3.8) is 0 Å². The standard InChI is InChI=1S/C26H26Cl2FN3O3S2/c27-19-4-5-22(28)24(17-19)37(34,35)32-13-11-30(12-14-32)25(33)7-10-31-9-6-23-21(8-15-36-23)26(31)18-2-1-3-20(29)16-18/h1-5,8,15-17,26H,6-7,9-14H2/t26-/m1/s1. The fourth-order valence-corrected chi connectivity index (χ4v) is 8.13. The van der Waals surface area contributed by atoms with Crippen LogP contribution in [0.5, 0.6) is 0 Å². The average Bonchev–Trinajstić information content (AvgIpc) is 3.37. The maximum absolute atomic E-state index is 14.0. The van der Waals surface area contributed by atoms with Gasteiger partial charge < -0.3 is 4.90 Å². The van der Waals surface area contributed by atoms with Gasteiger partial charge in [-0.05, 0) is 59.3 Å². The highest BCUT2D eigenvalue weighted by Gasteiger charge is 2.33. The van der Waals surface area contributed by atoms with Crippen LogP contribution in [0.3, 0.4) is 0 Å². The first kappa shape index (κ1) is 26.6. The van der Waals surface area contributed by atoms with Gasteiger partial charge in [-0.3, -0.25) is 9.69 Å². The Balaban J connectivity index is 1.22. The zero-order valence-corrected chi connectivity index (χ0v) is 23.1. The van der Waals surface area contributed by atoms with Crippen LogP contribution < -0.4 is 0 Å². The Bertz CT molecular complexity index is 1410. The number of rotatable bonds is 6. The van der Waals surface area contributed by atoms with Crippen molar-refractivity contribution in [2.75, 3.05) is 39.3 Å². The van der Waals surface area contributed by atoms with Crippen molar-refractivity contribution in [2.24, 2.45) is 0 Å². The van der Waals surface area contributed by atoms with Crippen LogP contribution in [0.25, 0.3) is 0 Å². The van der Waals surface area contributed by atoms with Crippen LogP contribution in [0, 0.1) is 5.82 Å². The molecule has 6 nitrogen and oxygen atoms in total. The lowest BCUT2D eigenvalue weighted by Crippen LogP contribution is -2.51. The second kappa shape index (κ2) is 11.0. The predicted molar refractivity (Wildman–Crippen MR) is 144 cm³/mol. The molecule has 3 heterocycles. The molecule has 37 heavy (non-hydrogen) atoms. The third-order valence-electron chi connectivity index (χ3n) is 6.95. The van der Waals surface area contributed by atoms with Gasteiger partial charge in [0.15, 0.2) is 0 Å². The maximum Gasteiger partial charge on any atom is 0.244 e. The molecule has 0 aliphatic carbocycles. The summed E-state index contributed by atoms with van der Waals surface area (Å²) in [4.78, 5) is 18.3. The molecule has 1 aromatic heterocycles. The molecule has 0 bridgehead atoms. The van der Waals surface area contributed by atoms with Gasteiger partial charge in [0.05, 0.1) is 11.1 Å². The zero-order valence-electron chi connectivity index (χ0n) is 19.9. The van der Waals surface area contributed by atoms with E-state index in [1.54, 1.807) is 34.4 Å². The Morgan fingerprint density at radius 1 is 1.03 bits per heavy atom. The average molecular weight is 583 g/mol. The van der Waals surface area contributed by atoms with Gasteiger partial charge >= 0.3 is 0 Å². The highest BCUT2D eigenvalue weighted by atomic mass is 35.5. The molecule has 0 spiro atoms. The Hall–Kier alpha value is -2.01. The third-order valence-corrected chi connectivity index (χ3v) is 10.6. The molecule has 0 N–H and O–H groups in total. The lowest BCUT2D eigenvalue weighted by Gasteiger charge is -2.37. The van der Waals surface area contributed by atoms with Gasteiger partial charge in [0.25, 0.3) is 0 Å². The lowest BCUT2D eigenvalue weighted by atomic mass is 9.93. The van der Waals surface area contributed by atoms with E-state index in [1.807, 2.05) is 6.07 Å². The Morgan fingerprint density at radius 2 is 1.81 bits per heavy atom. The molecule has 1 amide bonds. The van der Waals surface area contributed by atoms with E-state index >= 15 is 0 Å². The Kier molecular flexibility index (Phi) is 7.91. The minimum Gasteiger partial charge on any atom is -0.340 e. The summed E-state index contributed by atoms with van der Waals surface area (Å²) in [6.45, 7) is 2.30. The quantitative estimate of drug-likeness (QED) is 0.408. The number of hydrogen-bond donors (Lipinski definition) is 0. The molecule has 1 fully saturated rings. The molecule has 196 valence electrons. The molecule has 2 aliphatic heterocycles. The minimum atomic E-state index is -3.82.